The minimum Gasteiger partial charge on any atom is -0.485 e. The lowest BCUT2D eigenvalue weighted by atomic mass is 10.1. The molecule has 34 heavy (non-hydrogen) atoms. The van der Waals surface area contributed by atoms with E-state index in [1.54, 1.807) is 13.2 Å². The molecule has 184 valence electrons. The first-order valence-electron chi connectivity index (χ1n) is 11.1. The number of ether oxygens (including phenoxy) is 2. The molecule has 2 atom stereocenters. The van der Waals surface area contributed by atoms with Crippen LogP contribution in [0.25, 0.3) is 10.3 Å². The fourth-order valence-corrected chi connectivity index (χ4v) is 4.09. The number of fused-ring (bicyclic) bond motifs is 1. The molecule has 2 aromatic heterocycles. The summed E-state index contributed by atoms with van der Waals surface area (Å²) in [4.78, 5) is 28.2. The van der Waals surface area contributed by atoms with Gasteiger partial charge in [0.05, 0.1) is 11.8 Å². The van der Waals surface area contributed by atoms with Crippen LogP contribution < -0.4 is 15.4 Å². The lowest BCUT2D eigenvalue weighted by molar-refractivity contribution is 0.0124. The van der Waals surface area contributed by atoms with Crippen molar-refractivity contribution in [2.75, 3.05) is 39.6 Å². The lowest BCUT2D eigenvalue weighted by Crippen LogP contribution is -2.30. The van der Waals surface area contributed by atoms with Gasteiger partial charge in [0.2, 0.25) is 0 Å². The van der Waals surface area contributed by atoms with Crippen LogP contribution in [-0.2, 0) is 4.74 Å². The molecule has 1 amide bonds. The molecule has 0 spiro atoms. The summed E-state index contributed by atoms with van der Waals surface area (Å²) in [6.07, 6.45) is 2.48. The number of halogens is 1. The molecule has 3 rings (SSSR count). The van der Waals surface area contributed by atoms with E-state index in [4.69, 9.17) is 9.47 Å². The van der Waals surface area contributed by atoms with Gasteiger partial charge in [-0.2, -0.15) is 0 Å². The number of nitrogens with one attached hydrogen (secondary N) is 2. The number of amides is 1. The Balaban J connectivity index is 1.82. The molecule has 0 aliphatic carbocycles. The zero-order valence-corrected chi connectivity index (χ0v) is 20.9. The highest BCUT2D eigenvalue weighted by molar-refractivity contribution is 7.19. The number of thiazole rings is 1. The topological polar surface area (TPSA) is 102 Å². The first kappa shape index (κ1) is 25.7. The van der Waals surface area contributed by atoms with Gasteiger partial charge in [-0.3, -0.25) is 4.79 Å². The van der Waals surface area contributed by atoms with E-state index in [0.717, 1.165) is 13.0 Å². The van der Waals surface area contributed by atoms with Crippen LogP contribution in [0.5, 0.6) is 5.75 Å². The second kappa shape index (κ2) is 12.0. The maximum Gasteiger partial charge on any atom is 0.280 e. The van der Waals surface area contributed by atoms with Crippen molar-refractivity contribution in [3.63, 3.8) is 0 Å². The van der Waals surface area contributed by atoms with E-state index in [1.807, 2.05) is 27.9 Å². The van der Waals surface area contributed by atoms with Crippen LogP contribution in [0, 0.1) is 5.82 Å². The average molecular weight is 491 g/mol. The van der Waals surface area contributed by atoms with E-state index >= 15 is 0 Å². The van der Waals surface area contributed by atoms with E-state index < -0.39 is 5.82 Å². The fourth-order valence-electron chi connectivity index (χ4n) is 3.27. The van der Waals surface area contributed by atoms with Crippen LogP contribution in [-0.4, -0.2) is 72.3 Å². The number of carbonyl (C=O) groups excluding carboxylic acids is 1. The number of hydrogen-bond acceptors (Lipinski definition) is 9. The third kappa shape index (κ3) is 6.58. The fraction of sp³-hybridized carbons (Fsp3) is 0.478. The second-order valence-corrected chi connectivity index (χ2v) is 9.06. The Labute approximate surface area is 202 Å². The van der Waals surface area contributed by atoms with E-state index in [-0.39, 0.29) is 18.1 Å². The van der Waals surface area contributed by atoms with E-state index in [9.17, 15) is 9.18 Å². The SMILES string of the molecule is CC[C@H](Oc1cc(F)ccc1Nc1ncnc2sc(C(=O)NCCCN(C)C)nc12)[C@H](C)OC. The molecule has 0 fully saturated rings. The van der Waals surface area contributed by atoms with Gasteiger partial charge in [-0.05, 0) is 52.5 Å². The van der Waals surface area contributed by atoms with Crippen molar-refractivity contribution in [3.8, 4) is 5.75 Å². The Morgan fingerprint density at radius 1 is 1.29 bits per heavy atom. The summed E-state index contributed by atoms with van der Waals surface area (Å²) >= 11 is 1.19. The van der Waals surface area contributed by atoms with Crippen molar-refractivity contribution in [1.82, 2.24) is 25.2 Å². The van der Waals surface area contributed by atoms with E-state index in [0.29, 0.717) is 45.6 Å². The molecule has 0 radical (unpaired) electrons. The van der Waals surface area contributed by atoms with Gasteiger partial charge in [0.25, 0.3) is 5.91 Å². The highest BCUT2D eigenvalue weighted by Crippen LogP contribution is 2.33. The largest absolute Gasteiger partial charge is 0.485 e. The number of nitrogens with zero attached hydrogens (tertiary/aromatic N) is 4. The van der Waals surface area contributed by atoms with Crippen molar-refractivity contribution in [3.05, 3.63) is 35.4 Å². The molecule has 2 heterocycles. The molecule has 9 nitrogen and oxygen atoms in total. The number of aromatic nitrogens is 3. The maximum atomic E-state index is 14.0. The van der Waals surface area contributed by atoms with E-state index in [2.05, 4.69) is 30.5 Å². The quantitative estimate of drug-likeness (QED) is 0.369. The van der Waals surface area contributed by atoms with Crippen LogP contribution >= 0.6 is 11.3 Å². The maximum absolute atomic E-state index is 14.0. The van der Waals surface area contributed by atoms with Crippen LogP contribution in [0.4, 0.5) is 15.9 Å². The summed E-state index contributed by atoms with van der Waals surface area (Å²) < 4.78 is 25.5. The molecule has 0 aliphatic rings. The standard InChI is InChI=1S/C23H31FN6O3S/c1-6-17(14(2)32-5)33-18-12-15(24)8-9-16(18)28-20-19-22(27-13-26-20)34-23(29-19)21(31)25-10-7-11-30(3)4/h8-9,12-14,17H,6-7,10-11H2,1-5H3,(H,25,31)(H,26,27,28)/t14-,17-/m0/s1. The van der Waals surface area contributed by atoms with Gasteiger partial charge in [-0.15, -0.1) is 0 Å². The molecule has 3 aromatic rings. The summed E-state index contributed by atoms with van der Waals surface area (Å²) in [7, 11) is 5.58. The monoisotopic (exact) mass is 490 g/mol. The number of carbonyl (C=O) groups is 1. The van der Waals surface area contributed by atoms with Gasteiger partial charge < -0.3 is 25.0 Å². The zero-order valence-electron chi connectivity index (χ0n) is 20.1. The molecule has 0 unspecified atom stereocenters. The molecule has 0 saturated carbocycles. The Morgan fingerprint density at radius 2 is 2.09 bits per heavy atom. The van der Waals surface area contributed by atoms with Crippen molar-refractivity contribution < 1.29 is 18.7 Å². The Bertz CT molecular complexity index is 1110. The number of anilines is 2. The predicted octanol–water partition coefficient (Wildman–Crippen LogP) is 3.84. The lowest BCUT2D eigenvalue weighted by Gasteiger charge is -2.24. The predicted molar refractivity (Wildman–Crippen MR) is 132 cm³/mol. The smallest absolute Gasteiger partial charge is 0.280 e. The van der Waals surface area contributed by atoms with Crippen molar-refractivity contribution in [2.45, 2.75) is 38.9 Å². The second-order valence-electron chi connectivity index (χ2n) is 8.08. The van der Waals surface area contributed by atoms with Gasteiger partial charge in [-0.1, -0.05) is 18.3 Å². The Hall–Kier alpha value is -2.89. The number of methoxy groups -OCH3 is 1. The number of benzene rings is 1. The molecule has 1 aromatic carbocycles. The molecule has 0 saturated heterocycles. The molecule has 0 bridgehead atoms. The summed E-state index contributed by atoms with van der Waals surface area (Å²) in [5, 5.41) is 6.36. The first-order valence-corrected chi connectivity index (χ1v) is 11.9. The highest BCUT2D eigenvalue weighted by atomic mass is 32.1. The summed E-state index contributed by atoms with van der Waals surface area (Å²) in [5.74, 6) is 0.0573. The highest BCUT2D eigenvalue weighted by Gasteiger charge is 2.21. The van der Waals surface area contributed by atoms with Crippen molar-refractivity contribution in [2.24, 2.45) is 0 Å². The van der Waals surface area contributed by atoms with Crippen molar-refractivity contribution in [1.29, 1.82) is 0 Å². The van der Waals surface area contributed by atoms with Crippen LogP contribution in [0.2, 0.25) is 0 Å². The first-order chi connectivity index (χ1) is 16.3. The third-order valence-corrected chi connectivity index (χ3v) is 6.19. The number of hydrogen-bond donors (Lipinski definition) is 2. The molecular weight excluding hydrogens is 459 g/mol. The van der Waals surface area contributed by atoms with Crippen LogP contribution in [0.3, 0.4) is 0 Å². The summed E-state index contributed by atoms with van der Waals surface area (Å²) in [5.41, 5.74) is 0.976. The normalized spacial score (nSPS) is 13.1. The summed E-state index contributed by atoms with van der Waals surface area (Å²) in [6, 6.07) is 4.23. The van der Waals surface area contributed by atoms with Crippen molar-refractivity contribution >= 4 is 39.1 Å². The molecular formula is C23H31FN6O3S. The Morgan fingerprint density at radius 3 is 2.79 bits per heavy atom. The van der Waals surface area contributed by atoms with Crippen LogP contribution in [0.1, 0.15) is 36.5 Å². The van der Waals surface area contributed by atoms with Gasteiger partial charge in [-0.25, -0.2) is 19.3 Å². The van der Waals surface area contributed by atoms with Gasteiger partial charge in [0.1, 0.15) is 34.3 Å². The molecule has 2 N–H and O–H groups in total. The minimum atomic E-state index is -0.421. The summed E-state index contributed by atoms with van der Waals surface area (Å²) in [6.45, 7) is 5.31. The molecule has 11 heteroatoms. The Kier molecular flexibility index (Phi) is 9.08. The third-order valence-electron chi connectivity index (χ3n) is 5.23. The number of rotatable bonds is 12. The average Bonchev–Trinajstić information content (AvgIpc) is 3.26. The van der Waals surface area contributed by atoms with Gasteiger partial charge in [0.15, 0.2) is 10.8 Å². The van der Waals surface area contributed by atoms with E-state index in [1.165, 1.54) is 29.8 Å². The zero-order chi connectivity index (χ0) is 24.7. The van der Waals surface area contributed by atoms with Gasteiger partial charge in [0, 0.05) is 19.7 Å². The minimum absolute atomic E-state index is 0.177. The van der Waals surface area contributed by atoms with Crippen LogP contribution in [0.15, 0.2) is 24.5 Å². The van der Waals surface area contributed by atoms with Gasteiger partial charge >= 0.3 is 0 Å². The molecule has 0 aliphatic heterocycles.